The van der Waals surface area contributed by atoms with Crippen LogP contribution < -0.4 is 21.1 Å². The van der Waals surface area contributed by atoms with Crippen molar-refractivity contribution < 1.29 is 18.7 Å². The second-order valence-corrected chi connectivity index (χ2v) is 8.53. The van der Waals surface area contributed by atoms with Gasteiger partial charge in [0.2, 0.25) is 0 Å². The van der Waals surface area contributed by atoms with Crippen LogP contribution in [0.15, 0.2) is 24.4 Å². The summed E-state index contributed by atoms with van der Waals surface area (Å²) in [6, 6.07) is 4.04. The first-order valence-corrected chi connectivity index (χ1v) is 12.0. The van der Waals surface area contributed by atoms with Gasteiger partial charge in [0, 0.05) is 48.9 Å². The molecule has 11 heteroatoms. The number of carbonyl (C=O) groups excluding carboxylic acids is 1. The predicted octanol–water partition coefficient (Wildman–Crippen LogP) is 3.10. The zero-order valence-corrected chi connectivity index (χ0v) is 20.7. The van der Waals surface area contributed by atoms with E-state index in [1.165, 1.54) is 18.3 Å². The van der Waals surface area contributed by atoms with Crippen LogP contribution in [0, 0.1) is 17.7 Å². The number of urea groups is 1. The van der Waals surface area contributed by atoms with E-state index in [9.17, 15) is 9.18 Å². The van der Waals surface area contributed by atoms with Crippen LogP contribution in [-0.4, -0.2) is 68.5 Å². The third-order valence-corrected chi connectivity index (χ3v) is 6.00. The van der Waals surface area contributed by atoms with Crippen LogP contribution in [-0.2, 0) is 11.2 Å². The number of rotatable bonds is 9. The normalized spacial score (nSPS) is 13.6. The molecule has 2 aromatic rings. The molecule has 2 heterocycles. The average molecular weight is 524 g/mol. The number of anilines is 1. The van der Waals surface area contributed by atoms with E-state index < -0.39 is 5.82 Å². The first kappa shape index (κ1) is 26.8. The monoisotopic (exact) mass is 523 g/mol. The lowest BCUT2D eigenvalue weighted by atomic mass is 10.1. The molecular formula is C24H28Cl2FN5O3. The number of nitrogen functional groups attached to an aromatic ring is 1. The lowest BCUT2D eigenvalue weighted by molar-refractivity contribution is 0.0375. The SMILES string of the molecule is Nc1ncc(C#CCNC(=O)NCCCN2CCOCC2)cc1OCCc1c(Cl)ccc(F)c1Cl. The first-order chi connectivity index (χ1) is 16.9. The van der Waals surface area contributed by atoms with E-state index in [-0.39, 0.29) is 36.4 Å². The van der Waals surface area contributed by atoms with E-state index in [1.54, 1.807) is 6.07 Å². The largest absolute Gasteiger partial charge is 0.489 e. The summed E-state index contributed by atoms with van der Waals surface area (Å²) in [5.74, 6) is 5.77. The van der Waals surface area contributed by atoms with Crippen LogP contribution in [0.4, 0.5) is 15.0 Å². The molecule has 4 N–H and O–H groups in total. The predicted molar refractivity (Wildman–Crippen MR) is 134 cm³/mol. The van der Waals surface area contributed by atoms with Crippen LogP contribution in [0.1, 0.15) is 17.5 Å². The quantitative estimate of drug-likeness (QED) is 0.265. The van der Waals surface area contributed by atoms with Gasteiger partial charge in [-0.25, -0.2) is 14.2 Å². The third-order valence-electron chi connectivity index (χ3n) is 5.24. The van der Waals surface area contributed by atoms with Gasteiger partial charge in [-0.2, -0.15) is 0 Å². The number of morpholine rings is 1. The van der Waals surface area contributed by atoms with Crippen molar-refractivity contribution >= 4 is 35.1 Å². The van der Waals surface area contributed by atoms with Crippen molar-refractivity contribution in [3.8, 4) is 17.6 Å². The number of halogens is 3. The molecule has 3 rings (SSSR count). The Kier molecular flexibility index (Phi) is 10.7. The summed E-state index contributed by atoms with van der Waals surface area (Å²) in [6.07, 6.45) is 2.67. The molecule has 1 saturated heterocycles. The molecule has 0 aliphatic carbocycles. The number of pyridine rings is 1. The van der Waals surface area contributed by atoms with Crippen molar-refractivity contribution in [3.05, 3.63) is 51.4 Å². The molecule has 188 valence electrons. The molecule has 1 aliphatic heterocycles. The summed E-state index contributed by atoms with van der Waals surface area (Å²) in [6.45, 7) is 5.26. The van der Waals surface area contributed by atoms with E-state index >= 15 is 0 Å². The number of nitrogens with two attached hydrogens (primary N) is 1. The van der Waals surface area contributed by atoms with Crippen molar-refractivity contribution in [2.45, 2.75) is 12.8 Å². The summed E-state index contributed by atoms with van der Waals surface area (Å²) < 4.78 is 24.7. The fraction of sp³-hybridized carbons (Fsp3) is 0.417. The molecule has 35 heavy (non-hydrogen) atoms. The van der Waals surface area contributed by atoms with Gasteiger partial charge < -0.3 is 25.8 Å². The molecule has 1 fully saturated rings. The Morgan fingerprint density at radius 1 is 1.29 bits per heavy atom. The molecule has 8 nitrogen and oxygen atoms in total. The van der Waals surface area contributed by atoms with Crippen LogP contribution in [0.5, 0.6) is 5.75 Å². The van der Waals surface area contributed by atoms with Crippen LogP contribution in [0.2, 0.25) is 10.0 Å². The number of hydrogen-bond donors (Lipinski definition) is 3. The number of nitrogens with one attached hydrogen (secondary N) is 2. The number of carbonyl (C=O) groups is 1. The van der Waals surface area contributed by atoms with E-state index in [4.69, 9.17) is 38.4 Å². The highest BCUT2D eigenvalue weighted by Crippen LogP contribution is 2.28. The fourth-order valence-corrected chi connectivity index (χ4v) is 3.92. The number of amides is 2. The van der Waals surface area contributed by atoms with E-state index in [0.717, 1.165) is 39.3 Å². The third kappa shape index (κ3) is 8.75. The molecule has 2 amide bonds. The van der Waals surface area contributed by atoms with Gasteiger partial charge in [-0.05, 0) is 30.7 Å². The van der Waals surface area contributed by atoms with Gasteiger partial charge in [-0.15, -0.1) is 0 Å². The highest BCUT2D eigenvalue weighted by atomic mass is 35.5. The van der Waals surface area contributed by atoms with Gasteiger partial charge >= 0.3 is 6.03 Å². The molecule has 1 aromatic carbocycles. The number of nitrogens with zero attached hydrogens (tertiary/aromatic N) is 2. The minimum atomic E-state index is -0.542. The minimum Gasteiger partial charge on any atom is -0.489 e. The Balaban J connectivity index is 1.40. The molecule has 1 aliphatic rings. The van der Waals surface area contributed by atoms with Gasteiger partial charge in [0.25, 0.3) is 0 Å². The van der Waals surface area contributed by atoms with E-state index in [0.29, 0.717) is 28.4 Å². The van der Waals surface area contributed by atoms with Crippen molar-refractivity contribution in [1.29, 1.82) is 0 Å². The van der Waals surface area contributed by atoms with Gasteiger partial charge in [0.1, 0.15) is 5.82 Å². The van der Waals surface area contributed by atoms with Gasteiger partial charge in [-0.1, -0.05) is 35.0 Å². The fourth-order valence-electron chi connectivity index (χ4n) is 3.36. The van der Waals surface area contributed by atoms with Crippen molar-refractivity contribution in [1.82, 2.24) is 20.5 Å². The maximum Gasteiger partial charge on any atom is 0.315 e. The molecule has 0 atom stereocenters. The highest BCUT2D eigenvalue weighted by Gasteiger charge is 2.12. The Morgan fingerprint density at radius 3 is 2.89 bits per heavy atom. The first-order valence-electron chi connectivity index (χ1n) is 11.3. The zero-order chi connectivity index (χ0) is 25.0. The number of ether oxygens (including phenoxy) is 2. The summed E-state index contributed by atoms with van der Waals surface area (Å²) in [4.78, 5) is 18.3. The molecule has 0 radical (unpaired) electrons. The van der Waals surface area contributed by atoms with Gasteiger partial charge in [0.15, 0.2) is 11.6 Å². The second kappa shape index (κ2) is 14.0. The molecule has 0 unspecified atom stereocenters. The lowest BCUT2D eigenvalue weighted by Gasteiger charge is -2.26. The molecule has 0 spiro atoms. The van der Waals surface area contributed by atoms with E-state index in [2.05, 4.69) is 32.4 Å². The van der Waals surface area contributed by atoms with Crippen LogP contribution in [0.3, 0.4) is 0 Å². The number of benzene rings is 1. The van der Waals surface area contributed by atoms with Crippen LogP contribution >= 0.6 is 23.2 Å². The Morgan fingerprint density at radius 2 is 2.09 bits per heavy atom. The maximum atomic E-state index is 13.7. The smallest absolute Gasteiger partial charge is 0.315 e. The Bertz CT molecular complexity index is 1070. The Labute approximate surface area is 214 Å². The zero-order valence-electron chi connectivity index (χ0n) is 19.2. The summed E-state index contributed by atoms with van der Waals surface area (Å²) >= 11 is 12.1. The highest BCUT2D eigenvalue weighted by molar-refractivity contribution is 6.36. The summed E-state index contributed by atoms with van der Waals surface area (Å²) in [5.41, 5.74) is 6.91. The number of hydrogen-bond acceptors (Lipinski definition) is 6. The molecule has 0 saturated carbocycles. The topological polar surface area (TPSA) is 102 Å². The summed E-state index contributed by atoms with van der Waals surface area (Å²) in [7, 11) is 0. The van der Waals surface area contributed by atoms with Crippen molar-refractivity contribution in [3.63, 3.8) is 0 Å². The van der Waals surface area contributed by atoms with Crippen molar-refractivity contribution in [2.24, 2.45) is 0 Å². The Hall–Kier alpha value is -2.77. The number of aromatic nitrogens is 1. The molecule has 1 aromatic heterocycles. The average Bonchev–Trinajstić information content (AvgIpc) is 2.86. The molecule has 0 bridgehead atoms. The molecular weight excluding hydrogens is 496 g/mol. The second-order valence-electron chi connectivity index (χ2n) is 7.75. The van der Waals surface area contributed by atoms with Crippen molar-refractivity contribution in [2.75, 3.05) is 58.3 Å². The summed E-state index contributed by atoms with van der Waals surface area (Å²) in [5, 5.41) is 5.85. The van der Waals surface area contributed by atoms with Gasteiger partial charge in [0.05, 0.1) is 31.4 Å². The minimum absolute atomic E-state index is 0.0274. The van der Waals surface area contributed by atoms with Gasteiger partial charge in [-0.3, -0.25) is 4.90 Å². The van der Waals surface area contributed by atoms with Crippen LogP contribution in [0.25, 0.3) is 0 Å². The lowest BCUT2D eigenvalue weighted by Crippen LogP contribution is -2.40. The standard InChI is InChI=1S/C24H28Cl2FN5O3/c25-19-4-5-20(27)22(26)18(19)6-12-35-21-15-17(16-31-23(21)28)3-1-7-29-24(33)30-8-2-9-32-10-13-34-14-11-32/h4-5,15-16H,2,6-14H2,(H2,28,31)(H2,29,30,33). The maximum absolute atomic E-state index is 13.7. The van der Waals surface area contributed by atoms with E-state index in [1.807, 2.05) is 0 Å².